The van der Waals surface area contributed by atoms with Gasteiger partial charge in [0.15, 0.2) is 0 Å². The highest BCUT2D eigenvalue weighted by molar-refractivity contribution is 7.88. The molecular weight excluding hydrogens is 324 g/mol. The minimum atomic E-state index is -3.25. The number of aryl methyl sites for hydroxylation is 1. The number of benzene rings is 1. The third-order valence-corrected chi connectivity index (χ3v) is 5.96. The maximum absolute atomic E-state index is 12.5. The Labute approximate surface area is 143 Å². The van der Waals surface area contributed by atoms with Crippen LogP contribution in [0, 0.1) is 6.92 Å². The molecule has 0 saturated carbocycles. The van der Waals surface area contributed by atoms with Crippen LogP contribution < -0.4 is 5.32 Å². The largest absolute Gasteiger partial charge is 0.350 e. The van der Waals surface area contributed by atoms with Gasteiger partial charge in [-0.25, -0.2) is 22.7 Å². The van der Waals surface area contributed by atoms with E-state index >= 15 is 0 Å². The van der Waals surface area contributed by atoms with Crippen LogP contribution in [0.4, 0.5) is 5.95 Å². The predicted octanol–water partition coefficient (Wildman–Crippen LogP) is 2.32. The lowest BCUT2D eigenvalue weighted by molar-refractivity contribution is 0.476. The molecule has 0 unspecified atom stereocenters. The zero-order chi connectivity index (χ0) is 17.0. The molecule has 128 valence electrons. The zero-order valence-corrected chi connectivity index (χ0v) is 14.6. The van der Waals surface area contributed by atoms with Crippen molar-refractivity contribution in [2.75, 3.05) is 18.4 Å². The monoisotopic (exact) mass is 346 g/mol. The Bertz CT molecular complexity index is 784. The van der Waals surface area contributed by atoms with E-state index in [4.69, 9.17) is 0 Å². The van der Waals surface area contributed by atoms with E-state index in [1.807, 2.05) is 31.2 Å². The molecular formula is C17H22N4O2S. The van der Waals surface area contributed by atoms with E-state index in [0.717, 1.165) is 29.5 Å². The summed E-state index contributed by atoms with van der Waals surface area (Å²) < 4.78 is 26.7. The molecule has 7 heteroatoms. The summed E-state index contributed by atoms with van der Waals surface area (Å²) >= 11 is 0. The van der Waals surface area contributed by atoms with Gasteiger partial charge in [0.25, 0.3) is 0 Å². The van der Waals surface area contributed by atoms with E-state index in [-0.39, 0.29) is 5.75 Å². The summed E-state index contributed by atoms with van der Waals surface area (Å²) in [4.78, 5) is 8.42. The molecule has 1 N–H and O–H groups in total. The van der Waals surface area contributed by atoms with Crippen molar-refractivity contribution in [3.8, 4) is 0 Å². The molecule has 1 fully saturated rings. The molecule has 0 atom stereocenters. The fourth-order valence-corrected chi connectivity index (χ4v) is 4.45. The minimum absolute atomic E-state index is 0.0413. The molecule has 3 rings (SSSR count). The number of sulfonamides is 1. The first-order valence-electron chi connectivity index (χ1n) is 8.12. The van der Waals surface area contributed by atoms with Gasteiger partial charge in [0.2, 0.25) is 16.0 Å². The maximum Gasteiger partial charge on any atom is 0.222 e. The first kappa shape index (κ1) is 16.9. The average molecular weight is 346 g/mol. The number of rotatable bonds is 6. The normalized spacial score (nSPS) is 15.5. The van der Waals surface area contributed by atoms with Crippen LogP contribution in [0.2, 0.25) is 0 Å². The van der Waals surface area contributed by atoms with Crippen molar-refractivity contribution in [1.29, 1.82) is 0 Å². The van der Waals surface area contributed by atoms with Crippen molar-refractivity contribution in [2.24, 2.45) is 0 Å². The minimum Gasteiger partial charge on any atom is -0.350 e. The second kappa shape index (κ2) is 7.27. The van der Waals surface area contributed by atoms with Crippen LogP contribution in [-0.2, 0) is 22.3 Å². The summed E-state index contributed by atoms with van der Waals surface area (Å²) in [5.74, 6) is 0.581. The Kier molecular flexibility index (Phi) is 5.11. The molecule has 1 saturated heterocycles. The van der Waals surface area contributed by atoms with E-state index in [0.29, 0.717) is 25.6 Å². The van der Waals surface area contributed by atoms with Crippen molar-refractivity contribution < 1.29 is 8.42 Å². The van der Waals surface area contributed by atoms with Crippen LogP contribution >= 0.6 is 0 Å². The van der Waals surface area contributed by atoms with E-state index in [9.17, 15) is 8.42 Å². The van der Waals surface area contributed by atoms with Gasteiger partial charge in [0.05, 0.1) is 5.75 Å². The standard InChI is InChI=1S/C17H22N4O2S/c1-14-10-18-17(19-11-14)20-12-15-6-2-3-7-16(15)13-24(22,23)21-8-4-5-9-21/h2-3,6-7,10-11H,4-5,8-9,12-13H2,1H3,(H,18,19,20). The molecule has 6 nitrogen and oxygen atoms in total. The summed E-state index contributed by atoms with van der Waals surface area (Å²) in [5, 5.41) is 3.15. The molecule has 0 amide bonds. The SMILES string of the molecule is Cc1cnc(NCc2ccccc2CS(=O)(=O)N2CCCC2)nc1. The van der Waals surface area contributed by atoms with E-state index in [2.05, 4.69) is 15.3 Å². The number of nitrogens with zero attached hydrogens (tertiary/aromatic N) is 3. The Morgan fingerprint density at radius 3 is 2.38 bits per heavy atom. The first-order valence-corrected chi connectivity index (χ1v) is 9.73. The number of hydrogen-bond donors (Lipinski definition) is 1. The van der Waals surface area contributed by atoms with Crippen molar-refractivity contribution in [3.63, 3.8) is 0 Å². The van der Waals surface area contributed by atoms with Crippen molar-refractivity contribution in [3.05, 3.63) is 53.3 Å². The van der Waals surface area contributed by atoms with Crippen LogP contribution in [0.1, 0.15) is 29.5 Å². The fourth-order valence-electron chi connectivity index (χ4n) is 2.78. The Morgan fingerprint density at radius 2 is 1.71 bits per heavy atom. The summed E-state index contributed by atoms with van der Waals surface area (Å²) in [7, 11) is -3.25. The lowest BCUT2D eigenvalue weighted by Crippen LogP contribution is -2.29. The van der Waals surface area contributed by atoms with Crippen LogP contribution in [0.15, 0.2) is 36.7 Å². The van der Waals surface area contributed by atoms with Crippen LogP contribution in [0.25, 0.3) is 0 Å². The zero-order valence-electron chi connectivity index (χ0n) is 13.8. The average Bonchev–Trinajstić information content (AvgIpc) is 3.11. The second-order valence-electron chi connectivity index (χ2n) is 6.07. The summed E-state index contributed by atoms with van der Waals surface area (Å²) in [6, 6.07) is 7.61. The Balaban J connectivity index is 1.71. The first-order chi connectivity index (χ1) is 11.5. The molecule has 0 aliphatic carbocycles. The fraction of sp³-hybridized carbons (Fsp3) is 0.412. The summed E-state index contributed by atoms with van der Waals surface area (Å²) in [5.41, 5.74) is 2.77. The van der Waals surface area contributed by atoms with Crippen LogP contribution in [0.3, 0.4) is 0 Å². The van der Waals surface area contributed by atoms with Gasteiger partial charge in [0, 0.05) is 32.0 Å². The quantitative estimate of drug-likeness (QED) is 0.869. The number of hydrogen-bond acceptors (Lipinski definition) is 5. The molecule has 1 aromatic heterocycles. The van der Waals surface area contributed by atoms with Crippen molar-refractivity contribution >= 4 is 16.0 Å². The Morgan fingerprint density at radius 1 is 1.08 bits per heavy atom. The third kappa shape index (κ3) is 4.10. The molecule has 2 aromatic rings. The van der Waals surface area contributed by atoms with Crippen LogP contribution in [0.5, 0.6) is 0 Å². The summed E-state index contributed by atoms with van der Waals surface area (Å²) in [6.07, 6.45) is 5.40. The molecule has 1 aliphatic rings. The van der Waals surface area contributed by atoms with E-state index in [1.165, 1.54) is 0 Å². The molecule has 0 radical (unpaired) electrons. The lowest BCUT2D eigenvalue weighted by Gasteiger charge is -2.17. The molecule has 1 aromatic carbocycles. The van der Waals surface area contributed by atoms with Gasteiger partial charge in [-0.3, -0.25) is 0 Å². The highest BCUT2D eigenvalue weighted by Crippen LogP contribution is 2.20. The third-order valence-electron chi connectivity index (χ3n) is 4.13. The van der Waals surface area contributed by atoms with E-state index < -0.39 is 10.0 Å². The summed E-state index contributed by atoms with van der Waals surface area (Å²) in [6.45, 7) is 3.71. The number of aromatic nitrogens is 2. The highest BCUT2D eigenvalue weighted by atomic mass is 32.2. The molecule has 0 spiro atoms. The maximum atomic E-state index is 12.5. The number of anilines is 1. The van der Waals surface area contributed by atoms with Gasteiger partial charge in [-0.05, 0) is 36.5 Å². The smallest absolute Gasteiger partial charge is 0.222 e. The topological polar surface area (TPSA) is 75.2 Å². The van der Waals surface area contributed by atoms with Gasteiger partial charge in [-0.2, -0.15) is 0 Å². The van der Waals surface area contributed by atoms with Gasteiger partial charge in [-0.1, -0.05) is 24.3 Å². The Hall–Kier alpha value is -1.99. The molecule has 1 aliphatic heterocycles. The van der Waals surface area contributed by atoms with Gasteiger partial charge < -0.3 is 5.32 Å². The lowest BCUT2D eigenvalue weighted by atomic mass is 10.1. The van der Waals surface area contributed by atoms with Crippen LogP contribution in [-0.4, -0.2) is 35.8 Å². The van der Waals surface area contributed by atoms with Gasteiger partial charge >= 0.3 is 0 Å². The molecule has 24 heavy (non-hydrogen) atoms. The van der Waals surface area contributed by atoms with Gasteiger partial charge in [0.1, 0.15) is 0 Å². The van der Waals surface area contributed by atoms with Crippen molar-refractivity contribution in [1.82, 2.24) is 14.3 Å². The van der Waals surface area contributed by atoms with Crippen molar-refractivity contribution in [2.45, 2.75) is 32.1 Å². The molecule has 0 bridgehead atoms. The highest BCUT2D eigenvalue weighted by Gasteiger charge is 2.26. The number of nitrogens with one attached hydrogen (secondary N) is 1. The van der Waals surface area contributed by atoms with Gasteiger partial charge in [-0.15, -0.1) is 0 Å². The predicted molar refractivity (Wildman–Crippen MR) is 94.0 cm³/mol. The molecule has 2 heterocycles. The van der Waals surface area contributed by atoms with E-state index in [1.54, 1.807) is 16.7 Å². The second-order valence-corrected chi connectivity index (χ2v) is 8.04.